The van der Waals surface area contributed by atoms with Gasteiger partial charge in [0.05, 0.1) is 22.9 Å². The van der Waals surface area contributed by atoms with Crippen LogP contribution in [0.3, 0.4) is 0 Å². The lowest BCUT2D eigenvalue weighted by molar-refractivity contribution is -0.126. The number of anilines is 1. The van der Waals surface area contributed by atoms with Crippen LogP contribution in [0.15, 0.2) is 42.6 Å². The van der Waals surface area contributed by atoms with E-state index in [9.17, 15) is 9.59 Å². The molecule has 1 aliphatic rings. The van der Waals surface area contributed by atoms with Gasteiger partial charge in [0.15, 0.2) is 5.13 Å². The standard InChI is InChI=1S/C30H40N6O3S/c1-20-25(40-27(33-20)34-28(38)36-17-7-14-30(36,4)26(31)37)21-13-15-32-24(19-21)29(2,3)22-9-11-23(12-10-22)39-18-8-16-35(5)6/h9-13,15,19H,7-8,14,16-18H2,1-6H3,(H2,31,37)(H,33,34,38)/t30-/m0/s1. The van der Waals surface area contributed by atoms with Gasteiger partial charge in [-0.15, -0.1) is 0 Å². The van der Waals surface area contributed by atoms with Crippen LogP contribution in [0.25, 0.3) is 10.4 Å². The van der Waals surface area contributed by atoms with Crippen LogP contribution in [-0.2, 0) is 10.2 Å². The molecule has 0 unspecified atom stereocenters. The zero-order chi connectivity index (χ0) is 29.1. The van der Waals surface area contributed by atoms with Gasteiger partial charge in [0.1, 0.15) is 11.3 Å². The molecular weight excluding hydrogens is 524 g/mol. The lowest BCUT2D eigenvalue weighted by atomic mass is 9.80. The van der Waals surface area contributed by atoms with Gasteiger partial charge in [0, 0.05) is 24.7 Å². The maximum absolute atomic E-state index is 13.0. The molecule has 1 aliphatic heterocycles. The van der Waals surface area contributed by atoms with Crippen molar-refractivity contribution in [3.63, 3.8) is 0 Å². The Morgan fingerprint density at radius 1 is 1.23 bits per heavy atom. The van der Waals surface area contributed by atoms with Crippen LogP contribution in [0.2, 0.25) is 0 Å². The number of thiazole rings is 1. The van der Waals surface area contributed by atoms with Crippen molar-refractivity contribution in [2.24, 2.45) is 5.73 Å². The van der Waals surface area contributed by atoms with Crippen LogP contribution in [0.1, 0.15) is 57.0 Å². The topological polar surface area (TPSA) is 114 Å². The van der Waals surface area contributed by atoms with E-state index in [-0.39, 0.29) is 11.4 Å². The summed E-state index contributed by atoms with van der Waals surface area (Å²) in [6.45, 7) is 10.1. The average molecular weight is 565 g/mol. The van der Waals surface area contributed by atoms with Gasteiger partial charge in [-0.2, -0.15) is 0 Å². The number of nitrogens with two attached hydrogens (primary N) is 1. The van der Waals surface area contributed by atoms with E-state index in [1.807, 2.05) is 31.3 Å². The Hall–Kier alpha value is -3.50. The fourth-order valence-electron chi connectivity index (χ4n) is 5.02. The minimum Gasteiger partial charge on any atom is -0.494 e. The number of amides is 3. The number of aryl methyl sites for hydroxylation is 1. The van der Waals surface area contributed by atoms with E-state index >= 15 is 0 Å². The first-order valence-electron chi connectivity index (χ1n) is 13.6. The molecule has 3 heterocycles. The summed E-state index contributed by atoms with van der Waals surface area (Å²) in [6, 6.07) is 11.9. The van der Waals surface area contributed by atoms with Crippen molar-refractivity contribution in [3.8, 4) is 16.2 Å². The van der Waals surface area contributed by atoms with Crippen LogP contribution < -0.4 is 15.8 Å². The molecule has 3 N–H and O–H groups in total. The molecule has 4 rings (SSSR count). The molecule has 0 spiro atoms. The summed E-state index contributed by atoms with van der Waals surface area (Å²) in [5.74, 6) is 0.366. The number of nitrogens with one attached hydrogen (secondary N) is 1. The highest BCUT2D eigenvalue weighted by Gasteiger charge is 2.44. The van der Waals surface area contributed by atoms with E-state index in [2.05, 4.69) is 61.3 Å². The number of carbonyl (C=O) groups excluding carboxylic acids is 2. The van der Waals surface area contributed by atoms with Crippen molar-refractivity contribution in [1.82, 2.24) is 19.8 Å². The molecule has 1 fully saturated rings. The quantitative estimate of drug-likeness (QED) is 0.334. The molecule has 1 aromatic carbocycles. The van der Waals surface area contributed by atoms with E-state index in [4.69, 9.17) is 15.5 Å². The molecule has 0 radical (unpaired) electrons. The largest absolute Gasteiger partial charge is 0.494 e. The molecule has 2 aromatic heterocycles. The first-order chi connectivity index (χ1) is 18.9. The van der Waals surface area contributed by atoms with Crippen LogP contribution in [-0.4, -0.2) is 71.0 Å². The number of benzene rings is 1. The number of likely N-dealkylation sites (tertiary alicyclic amines) is 1. The highest BCUT2D eigenvalue weighted by atomic mass is 32.1. The Morgan fingerprint density at radius 3 is 2.62 bits per heavy atom. The molecule has 0 bridgehead atoms. The number of nitrogens with zero attached hydrogens (tertiary/aromatic N) is 4. The van der Waals surface area contributed by atoms with Gasteiger partial charge in [-0.05, 0) is 82.6 Å². The molecule has 0 saturated carbocycles. The Bertz CT molecular complexity index is 1350. The Balaban J connectivity index is 1.48. The Morgan fingerprint density at radius 2 is 1.95 bits per heavy atom. The maximum Gasteiger partial charge on any atom is 0.324 e. The number of primary amides is 1. The summed E-state index contributed by atoms with van der Waals surface area (Å²) in [5.41, 5.74) is 8.13. The second kappa shape index (κ2) is 11.9. The molecular formula is C30H40N6O3S. The number of rotatable bonds is 10. The third-order valence-corrected chi connectivity index (χ3v) is 8.81. The Kier molecular flexibility index (Phi) is 8.80. The molecule has 0 aliphatic carbocycles. The Labute approximate surface area is 240 Å². The summed E-state index contributed by atoms with van der Waals surface area (Å²) in [6.07, 6.45) is 4.08. The minimum absolute atomic E-state index is 0.343. The van der Waals surface area contributed by atoms with Crippen LogP contribution in [0, 0.1) is 6.92 Å². The van der Waals surface area contributed by atoms with E-state index in [0.29, 0.717) is 24.7 Å². The number of urea groups is 1. The molecule has 40 heavy (non-hydrogen) atoms. The summed E-state index contributed by atoms with van der Waals surface area (Å²) < 4.78 is 5.90. The van der Waals surface area contributed by atoms with E-state index in [1.54, 1.807) is 6.92 Å². The molecule has 3 aromatic rings. The van der Waals surface area contributed by atoms with Crippen molar-refractivity contribution in [1.29, 1.82) is 0 Å². The average Bonchev–Trinajstić information content (AvgIpc) is 3.49. The lowest BCUT2D eigenvalue weighted by Gasteiger charge is -2.31. The molecule has 1 atom stereocenters. The summed E-state index contributed by atoms with van der Waals surface area (Å²) >= 11 is 1.40. The zero-order valence-corrected chi connectivity index (χ0v) is 25.1. The molecule has 214 valence electrons. The van der Waals surface area contributed by atoms with Crippen LogP contribution in [0.4, 0.5) is 9.93 Å². The molecule has 1 saturated heterocycles. The molecule has 3 amide bonds. The fourth-order valence-corrected chi connectivity index (χ4v) is 5.97. The van der Waals surface area contributed by atoms with Crippen molar-refractivity contribution in [2.75, 3.05) is 39.1 Å². The van der Waals surface area contributed by atoms with Gasteiger partial charge in [0.2, 0.25) is 5.91 Å². The van der Waals surface area contributed by atoms with Gasteiger partial charge >= 0.3 is 6.03 Å². The number of hydrogen-bond donors (Lipinski definition) is 2. The van der Waals surface area contributed by atoms with E-state index in [1.165, 1.54) is 16.2 Å². The molecule has 9 nitrogen and oxygen atoms in total. The highest BCUT2D eigenvalue weighted by Crippen LogP contribution is 2.37. The fraction of sp³-hybridized carbons (Fsp3) is 0.467. The van der Waals surface area contributed by atoms with Gasteiger partial charge in [0.25, 0.3) is 0 Å². The third-order valence-electron chi connectivity index (χ3n) is 7.68. The predicted octanol–water partition coefficient (Wildman–Crippen LogP) is 5.04. The van der Waals surface area contributed by atoms with Crippen molar-refractivity contribution in [3.05, 3.63) is 59.5 Å². The predicted molar refractivity (Wildman–Crippen MR) is 160 cm³/mol. The van der Waals surface area contributed by atoms with Crippen LogP contribution in [0.5, 0.6) is 5.75 Å². The number of carbonyl (C=O) groups is 2. The second-order valence-corrected chi connectivity index (χ2v) is 12.3. The smallest absolute Gasteiger partial charge is 0.324 e. The van der Waals surface area contributed by atoms with Gasteiger partial charge in [-0.1, -0.05) is 37.3 Å². The number of aromatic nitrogens is 2. The van der Waals surface area contributed by atoms with E-state index < -0.39 is 11.4 Å². The maximum atomic E-state index is 13.0. The van der Waals surface area contributed by atoms with Crippen molar-refractivity contribution in [2.45, 2.75) is 57.9 Å². The summed E-state index contributed by atoms with van der Waals surface area (Å²) in [7, 11) is 4.12. The number of pyridine rings is 1. The molecule has 10 heteroatoms. The van der Waals surface area contributed by atoms with Gasteiger partial charge in [-0.3, -0.25) is 15.1 Å². The third kappa shape index (κ3) is 6.28. The minimum atomic E-state index is -0.985. The summed E-state index contributed by atoms with van der Waals surface area (Å²) in [4.78, 5) is 38.9. The van der Waals surface area contributed by atoms with Crippen molar-refractivity contribution >= 4 is 28.4 Å². The zero-order valence-electron chi connectivity index (χ0n) is 24.3. The van der Waals surface area contributed by atoms with Gasteiger partial charge in [-0.25, -0.2) is 9.78 Å². The van der Waals surface area contributed by atoms with Crippen LogP contribution >= 0.6 is 11.3 Å². The number of hydrogen-bond acceptors (Lipinski definition) is 7. The lowest BCUT2D eigenvalue weighted by Crippen LogP contribution is -2.55. The first-order valence-corrected chi connectivity index (χ1v) is 14.4. The van der Waals surface area contributed by atoms with Crippen molar-refractivity contribution < 1.29 is 14.3 Å². The monoisotopic (exact) mass is 564 g/mol. The number of ether oxygens (including phenoxy) is 1. The highest BCUT2D eigenvalue weighted by molar-refractivity contribution is 7.19. The van der Waals surface area contributed by atoms with E-state index in [0.717, 1.165) is 52.5 Å². The SMILES string of the molecule is Cc1nc(NC(=O)N2CCC[C@@]2(C)C(N)=O)sc1-c1ccnc(C(C)(C)c2ccc(OCCCN(C)C)cc2)c1. The first kappa shape index (κ1) is 29.5. The van der Waals surface area contributed by atoms with Gasteiger partial charge < -0.3 is 20.3 Å². The normalized spacial score (nSPS) is 17.3. The summed E-state index contributed by atoms with van der Waals surface area (Å²) in [5, 5.41) is 3.36. The second-order valence-electron chi connectivity index (χ2n) is 11.3.